The van der Waals surface area contributed by atoms with Crippen molar-refractivity contribution < 1.29 is 9.84 Å². The number of hydrogen-bond donors (Lipinski definition) is 1. The highest BCUT2D eigenvalue weighted by molar-refractivity contribution is 5.38. The molecule has 1 N–H and O–H groups in total. The van der Waals surface area contributed by atoms with Gasteiger partial charge in [0.15, 0.2) is 0 Å². The van der Waals surface area contributed by atoms with Gasteiger partial charge in [0, 0.05) is 0 Å². The summed E-state index contributed by atoms with van der Waals surface area (Å²) >= 11 is 0. The molecule has 2 nitrogen and oxygen atoms in total. The quantitative estimate of drug-likeness (QED) is 0.871. The molecule has 1 rings (SSSR count). The first kappa shape index (κ1) is 14.0. The summed E-state index contributed by atoms with van der Waals surface area (Å²) in [4.78, 5) is 0. The fourth-order valence-corrected chi connectivity index (χ4v) is 1.55. The van der Waals surface area contributed by atoms with Crippen LogP contribution in [0, 0.1) is 6.92 Å². The van der Waals surface area contributed by atoms with E-state index in [0.717, 1.165) is 11.3 Å². The minimum atomic E-state index is -0.461. The predicted octanol–water partition coefficient (Wildman–Crippen LogP) is 3.44. The van der Waals surface area contributed by atoms with Crippen molar-refractivity contribution in [3.63, 3.8) is 0 Å². The summed E-state index contributed by atoms with van der Waals surface area (Å²) in [5.74, 6) is 0.853. The van der Waals surface area contributed by atoms with E-state index in [1.54, 1.807) is 6.92 Å². The van der Waals surface area contributed by atoms with Crippen LogP contribution in [0.2, 0.25) is 0 Å². The van der Waals surface area contributed by atoms with Crippen LogP contribution in [0.15, 0.2) is 18.2 Å². The second-order valence-corrected chi connectivity index (χ2v) is 5.79. The zero-order valence-corrected chi connectivity index (χ0v) is 11.7. The topological polar surface area (TPSA) is 29.5 Å². The lowest BCUT2D eigenvalue weighted by molar-refractivity contribution is 0.0600. The maximum absolute atomic E-state index is 9.43. The molecule has 2 heteroatoms. The van der Waals surface area contributed by atoms with E-state index in [1.807, 2.05) is 19.9 Å². The van der Waals surface area contributed by atoms with E-state index in [2.05, 4.69) is 32.9 Å². The highest BCUT2D eigenvalue weighted by Gasteiger charge is 2.16. The molecule has 0 amide bonds. The van der Waals surface area contributed by atoms with Crippen LogP contribution in [0.4, 0.5) is 0 Å². The molecule has 0 bridgehead atoms. The molecular formula is C15H24O2. The van der Waals surface area contributed by atoms with E-state index < -0.39 is 6.10 Å². The predicted molar refractivity (Wildman–Crippen MR) is 71.6 cm³/mol. The Morgan fingerprint density at radius 1 is 1.18 bits per heavy atom. The molecule has 0 spiro atoms. The average molecular weight is 236 g/mol. The zero-order valence-electron chi connectivity index (χ0n) is 11.7. The normalized spacial score (nSPS) is 15.5. The van der Waals surface area contributed by atoms with Gasteiger partial charge >= 0.3 is 0 Å². The zero-order chi connectivity index (χ0) is 13.2. The van der Waals surface area contributed by atoms with Crippen LogP contribution in [0.3, 0.4) is 0 Å². The minimum absolute atomic E-state index is 0.152. The molecule has 2 atom stereocenters. The van der Waals surface area contributed by atoms with Gasteiger partial charge in [-0.1, -0.05) is 32.9 Å². The average Bonchev–Trinajstić information content (AvgIpc) is 2.19. The molecule has 0 aromatic heterocycles. The molecule has 17 heavy (non-hydrogen) atoms. The Morgan fingerprint density at radius 3 is 2.18 bits per heavy atom. The highest BCUT2D eigenvalue weighted by Crippen LogP contribution is 2.28. The SMILES string of the molecule is Cc1cc(C(C)(C)C)ccc1OC(C)[C@H](C)O. The van der Waals surface area contributed by atoms with Crippen LogP contribution >= 0.6 is 0 Å². The number of rotatable bonds is 3. The van der Waals surface area contributed by atoms with E-state index in [9.17, 15) is 5.11 Å². The summed E-state index contributed by atoms with van der Waals surface area (Å²) in [6, 6.07) is 6.25. The smallest absolute Gasteiger partial charge is 0.122 e. The maximum Gasteiger partial charge on any atom is 0.122 e. The van der Waals surface area contributed by atoms with Crippen molar-refractivity contribution in [3.05, 3.63) is 29.3 Å². The molecule has 0 fully saturated rings. The van der Waals surface area contributed by atoms with Gasteiger partial charge in [-0.15, -0.1) is 0 Å². The lowest BCUT2D eigenvalue weighted by Crippen LogP contribution is -2.26. The van der Waals surface area contributed by atoms with Crippen LogP contribution in [-0.4, -0.2) is 17.3 Å². The Balaban J connectivity index is 2.91. The molecule has 0 aliphatic carbocycles. The van der Waals surface area contributed by atoms with Crippen LogP contribution in [0.5, 0.6) is 5.75 Å². The third-order valence-corrected chi connectivity index (χ3v) is 3.03. The minimum Gasteiger partial charge on any atom is -0.488 e. The Hall–Kier alpha value is -1.02. The van der Waals surface area contributed by atoms with Crippen molar-refractivity contribution in [1.82, 2.24) is 0 Å². The van der Waals surface area contributed by atoms with Gasteiger partial charge in [0.25, 0.3) is 0 Å². The van der Waals surface area contributed by atoms with E-state index in [-0.39, 0.29) is 11.5 Å². The van der Waals surface area contributed by atoms with Crippen LogP contribution in [0.1, 0.15) is 45.7 Å². The molecule has 0 saturated carbocycles. The van der Waals surface area contributed by atoms with Gasteiger partial charge in [0.1, 0.15) is 11.9 Å². The Bertz CT molecular complexity index is 375. The van der Waals surface area contributed by atoms with Gasteiger partial charge < -0.3 is 9.84 Å². The molecule has 0 radical (unpaired) electrons. The molecule has 0 aliphatic heterocycles. The second-order valence-electron chi connectivity index (χ2n) is 5.79. The molecule has 0 saturated heterocycles. The van der Waals surface area contributed by atoms with E-state index in [1.165, 1.54) is 5.56 Å². The fourth-order valence-electron chi connectivity index (χ4n) is 1.55. The molecule has 1 aromatic carbocycles. The molecule has 0 heterocycles. The first-order valence-corrected chi connectivity index (χ1v) is 6.17. The number of aryl methyl sites for hydroxylation is 1. The summed E-state index contributed by atoms with van der Waals surface area (Å²) in [7, 11) is 0. The molecule has 0 aliphatic rings. The van der Waals surface area contributed by atoms with Crippen molar-refractivity contribution in [2.75, 3.05) is 0 Å². The fraction of sp³-hybridized carbons (Fsp3) is 0.600. The van der Waals surface area contributed by atoms with Crippen molar-refractivity contribution in [1.29, 1.82) is 0 Å². The van der Waals surface area contributed by atoms with E-state index >= 15 is 0 Å². The number of benzene rings is 1. The maximum atomic E-state index is 9.43. The van der Waals surface area contributed by atoms with Crippen LogP contribution in [0.25, 0.3) is 0 Å². The Morgan fingerprint density at radius 2 is 1.76 bits per heavy atom. The van der Waals surface area contributed by atoms with Gasteiger partial charge in [-0.2, -0.15) is 0 Å². The lowest BCUT2D eigenvalue weighted by Gasteiger charge is -2.22. The Labute approximate surface area is 105 Å². The summed E-state index contributed by atoms with van der Waals surface area (Å²) in [6.45, 7) is 12.2. The summed E-state index contributed by atoms with van der Waals surface area (Å²) in [5.41, 5.74) is 2.57. The monoisotopic (exact) mass is 236 g/mol. The van der Waals surface area contributed by atoms with Gasteiger partial charge in [-0.3, -0.25) is 0 Å². The van der Waals surface area contributed by atoms with Gasteiger partial charge in [-0.25, -0.2) is 0 Å². The number of hydrogen-bond acceptors (Lipinski definition) is 2. The first-order valence-electron chi connectivity index (χ1n) is 6.17. The van der Waals surface area contributed by atoms with Crippen molar-refractivity contribution in [3.8, 4) is 5.75 Å². The number of aliphatic hydroxyl groups is 1. The van der Waals surface area contributed by atoms with Crippen molar-refractivity contribution >= 4 is 0 Å². The van der Waals surface area contributed by atoms with Crippen LogP contribution < -0.4 is 4.74 Å². The van der Waals surface area contributed by atoms with Crippen molar-refractivity contribution in [2.45, 2.75) is 59.2 Å². The van der Waals surface area contributed by atoms with E-state index in [0.29, 0.717) is 0 Å². The lowest BCUT2D eigenvalue weighted by atomic mass is 9.86. The molecule has 1 aromatic rings. The molecular weight excluding hydrogens is 212 g/mol. The van der Waals surface area contributed by atoms with Gasteiger partial charge in [-0.05, 0) is 43.4 Å². The highest BCUT2D eigenvalue weighted by atomic mass is 16.5. The summed E-state index contributed by atoms with van der Waals surface area (Å²) in [6.07, 6.45) is -0.647. The standard InChI is InChI=1S/C15H24O2/c1-10-9-13(15(4,5)6)7-8-14(10)17-12(3)11(2)16/h7-9,11-12,16H,1-6H3/t11-,12?/m0/s1. The Kier molecular flexibility index (Phi) is 4.21. The van der Waals surface area contributed by atoms with Crippen molar-refractivity contribution in [2.24, 2.45) is 0 Å². The second kappa shape index (κ2) is 5.09. The van der Waals surface area contributed by atoms with Gasteiger partial charge in [0.2, 0.25) is 0 Å². The summed E-state index contributed by atoms with van der Waals surface area (Å²) in [5, 5.41) is 9.43. The van der Waals surface area contributed by atoms with E-state index in [4.69, 9.17) is 4.74 Å². The van der Waals surface area contributed by atoms with Gasteiger partial charge in [0.05, 0.1) is 6.10 Å². The molecule has 96 valence electrons. The number of aliphatic hydroxyl groups excluding tert-OH is 1. The van der Waals surface area contributed by atoms with Crippen LogP contribution in [-0.2, 0) is 5.41 Å². The first-order chi connectivity index (χ1) is 7.71. The molecule has 1 unspecified atom stereocenters. The number of ether oxygens (including phenoxy) is 1. The third-order valence-electron chi connectivity index (χ3n) is 3.03. The summed E-state index contributed by atoms with van der Waals surface area (Å²) < 4.78 is 5.72. The third kappa shape index (κ3) is 3.74. The largest absolute Gasteiger partial charge is 0.488 e.